The van der Waals surface area contributed by atoms with Gasteiger partial charge in [-0.15, -0.1) is 53.6 Å². The van der Waals surface area contributed by atoms with Gasteiger partial charge in [-0.2, -0.15) is 0 Å². The second-order valence-electron chi connectivity index (χ2n) is 11.9. The molecule has 0 N–H and O–H groups in total. The molecule has 3 aromatic heterocycles. The Morgan fingerprint density at radius 2 is 1.48 bits per heavy atom. The molecule has 0 spiro atoms. The van der Waals surface area contributed by atoms with Crippen molar-refractivity contribution in [1.82, 2.24) is 9.97 Å². The number of hydrogen-bond donors (Lipinski definition) is 0. The quantitative estimate of drug-likeness (QED) is 0.129. The summed E-state index contributed by atoms with van der Waals surface area (Å²) < 4.78 is 40.9. The van der Waals surface area contributed by atoms with Gasteiger partial charge in [-0.25, -0.2) is 4.39 Å². The van der Waals surface area contributed by atoms with E-state index in [-0.39, 0.29) is 31.7 Å². The van der Waals surface area contributed by atoms with Crippen LogP contribution >= 0.6 is 0 Å². The van der Waals surface area contributed by atoms with Crippen molar-refractivity contribution in [3.05, 3.63) is 150 Å². The number of halogens is 2. The number of nitrogens with zero attached hydrogens (tertiary/aromatic N) is 2. The Morgan fingerprint density at radius 1 is 0.717 bits per heavy atom. The molecule has 1 radical (unpaired) electrons. The van der Waals surface area contributed by atoms with Crippen molar-refractivity contribution in [2.75, 3.05) is 0 Å². The van der Waals surface area contributed by atoms with Crippen LogP contribution in [0.4, 0.5) is 8.78 Å². The maximum atomic E-state index is 13.5. The summed E-state index contributed by atoms with van der Waals surface area (Å²) in [5.74, 6) is -1.50. The molecule has 0 aliphatic carbocycles. The molecule has 4 aromatic carbocycles. The SMILES string of the molecule is C[Si](C)(C)c1ccc(-c2[c-]cc(F)cc2)nc1.[2H]C(C)(c1ccccc1)c1ccnc(-c2[c-]cc3oc4cc(F)ccc4c3c2)c1.[Ir]. The number of furan rings is 1. The number of fused-ring (bicyclic) bond motifs is 3. The number of pyridine rings is 2. The van der Waals surface area contributed by atoms with E-state index in [1.165, 1.54) is 29.5 Å². The smallest absolute Gasteiger partial charge is 0.126 e. The molecule has 1 unspecified atom stereocenters. The second kappa shape index (κ2) is 14.0. The molecule has 0 saturated heterocycles. The van der Waals surface area contributed by atoms with Crippen LogP contribution < -0.4 is 5.19 Å². The first-order chi connectivity index (χ1) is 22.0. The zero-order chi connectivity index (χ0) is 32.5. The molecule has 46 heavy (non-hydrogen) atoms. The van der Waals surface area contributed by atoms with Gasteiger partial charge >= 0.3 is 0 Å². The molecule has 233 valence electrons. The fourth-order valence-electron chi connectivity index (χ4n) is 5.07. The molecule has 0 aliphatic rings. The van der Waals surface area contributed by atoms with Crippen molar-refractivity contribution >= 4 is 35.2 Å². The van der Waals surface area contributed by atoms with Gasteiger partial charge in [0.2, 0.25) is 0 Å². The average Bonchev–Trinajstić information content (AvgIpc) is 3.42. The summed E-state index contributed by atoms with van der Waals surface area (Å²) in [5.41, 5.74) is 6.13. The van der Waals surface area contributed by atoms with Gasteiger partial charge in [-0.3, -0.25) is 4.39 Å². The molecular weight excluding hydrogens is 771 g/mol. The number of aromatic nitrogens is 2. The Bertz CT molecular complexity index is 2130. The predicted octanol–water partition coefficient (Wildman–Crippen LogP) is 9.97. The zero-order valence-electron chi connectivity index (χ0n) is 26.9. The van der Waals surface area contributed by atoms with E-state index in [0.29, 0.717) is 11.2 Å². The van der Waals surface area contributed by atoms with Gasteiger partial charge in [-0.1, -0.05) is 80.5 Å². The molecule has 0 saturated carbocycles. The van der Waals surface area contributed by atoms with Gasteiger partial charge in [0.05, 0.1) is 13.7 Å². The monoisotopic (exact) mass is 804 g/mol. The maximum Gasteiger partial charge on any atom is 0.126 e. The third-order valence-electron chi connectivity index (χ3n) is 7.72. The third kappa shape index (κ3) is 7.39. The Labute approximate surface area is 284 Å². The van der Waals surface area contributed by atoms with E-state index in [4.69, 9.17) is 5.79 Å². The fourth-order valence-corrected chi connectivity index (χ4v) is 6.11. The van der Waals surface area contributed by atoms with Crippen molar-refractivity contribution in [3.63, 3.8) is 0 Å². The number of benzene rings is 4. The molecule has 0 fully saturated rings. The van der Waals surface area contributed by atoms with Gasteiger partial charge in [0.15, 0.2) is 0 Å². The normalized spacial score (nSPS) is 12.9. The molecule has 7 rings (SSSR count). The minimum atomic E-state index is -1.30. The van der Waals surface area contributed by atoms with E-state index >= 15 is 0 Å². The topological polar surface area (TPSA) is 38.9 Å². The molecule has 1 atom stereocenters. The van der Waals surface area contributed by atoms with Crippen molar-refractivity contribution in [2.45, 2.75) is 32.5 Å². The van der Waals surface area contributed by atoms with Gasteiger partial charge in [0, 0.05) is 57.0 Å². The van der Waals surface area contributed by atoms with Gasteiger partial charge in [0.25, 0.3) is 0 Å². The Hall–Kier alpha value is -4.29. The zero-order valence-corrected chi connectivity index (χ0v) is 29.3. The summed E-state index contributed by atoms with van der Waals surface area (Å²) in [6.07, 6.45) is 3.65. The summed E-state index contributed by atoms with van der Waals surface area (Å²) in [6.45, 7) is 8.74. The standard InChI is InChI=1S/C25H17FNO.C14H15FNSi.Ir/c1-16(17-5-3-2-4-6-17)18-11-12-27-23(14-18)19-7-10-24-22(13-19)21-9-8-20(26)15-25(21)28-24;1-17(2,3)13-8-9-14(16-10-13)11-4-6-12(15)7-5-11;/h2-6,8-16H,1H3;4,6-10H,1-3H3;/q2*-1;/i16D;;. The van der Waals surface area contributed by atoms with Crippen LogP contribution in [-0.2, 0) is 20.1 Å². The Morgan fingerprint density at radius 3 is 2.17 bits per heavy atom. The summed E-state index contributed by atoms with van der Waals surface area (Å²) in [4.78, 5) is 8.92. The minimum Gasteiger partial charge on any atom is -0.500 e. The van der Waals surface area contributed by atoms with Crippen LogP contribution in [0.5, 0.6) is 0 Å². The largest absolute Gasteiger partial charge is 0.500 e. The van der Waals surface area contributed by atoms with E-state index in [1.807, 2.05) is 67.7 Å². The molecule has 0 aliphatic heterocycles. The van der Waals surface area contributed by atoms with Crippen LogP contribution in [0.1, 0.15) is 25.3 Å². The van der Waals surface area contributed by atoms with Crippen LogP contribution in [0, 0.1) is 23.8 Å². The predicted molar refractivity (Wildman–Crippen MR) is 181 cm³/mol. The van der Waals surface area contributed by atoms with Crippen molar-refractivity contribution in [3.8, 4) is 22.5 Å². The van der Waals surface area contributed by atoms with Crippen molar-refractivity contribution in [1.29, 1.82) is 0 Å². The van der Waals surface area contributed by atoms with E-state index in [9.17, 15) is 8.78 Å². The van der Waals surface area contributed by atoms with Crippen LogP contribution in [0.25, 0.3) is 44.5 Å². The van der Waals surface area contributed by atoms with E-state index in [1.54, 1.807) is 24.4 Å². The third-order valence-corrected chi connectivity index (χ3v) is 9.75. The molecule has 0 amide bonds. The number of rotatable bonds is 5. The van der Waals surface area contributed by atoms with E-state index in [2.05, 4.69) is 47.8 Å². The van der Waals surface area contributed by atoms with Crippen LogP contribution in [0.15, 0.2) is 120 Å². The molecule has 7 aromatic rings. The molecule has 0 bridgehead atoms. The Kier molecular flexibility index (Phi) is 9.64. The van der Waals surface area contributed by atoms with Crippen molar-refractivity contribution in [2.24, 2.45) is 0 Å². The van der Waals surface area contributed by atoms with E-state index in [0.717, 1.165) is 44.4 Å². The molecular formula is C39H32F2IrN2OSi-2. The van der Waals surface area contributed by atoms with Crippen LogP contribution in [0.3, 0.4) is 0 Å². The molecule has 3 heterocycles. The van der Waals surface area contributed by atoms with Gasteiger partial charge < -0.3 is 14.4 Å². The summed E-state index contributed by atoms with van der Waals surface area (Å²) >= 11 is 0. The van der Waals surface area contributed by atoms with Crippen LogP contribution in [0.2, 0.25) is 19.6 Å². The molecule has 7 heteroatoms. The van der Waals surface area contributed by atoms with Gasteiger partial charge in [-0.05, 0) is 45.9 Å². The van der Waals surface area contributed by atoms with E-state index < -0.39 is 14.0 Å². The fraction of sp³-hybridized carbons (Fsp3) is 0.128. The number of hydrogen-bond acceptors (Lipinski definition) is 3. The first-order valence-electron chi connectivity index (χ1n) is 15.2. The minimum absolute atomic E-state index is 0. The Balaban J connectivity index is 0.000000207. The summed E-state index contributed by atoms with van der Waals surface area (Å²) in [5, 5.41) is 3.06. The average molecular weight is 804 g/mol. The van der Waals surface area contributed by atoms with Crippen molar-refractivity contribution < 1.29 is 34.7 Å². The summed E-state index contributed by atoms with van der Waals surface area (Å²) in [6, 6.07) is 36.5. The van der Waals surface area contributed by atoms with Gasteiger partial charge in [0.1, 0.15) is 11.4 Å². The first kappa shape index (κ1) is 31.7. The van der Waals surface area contributed by atoms with Crippen LogP contribution in [-0.4, -0.2) is 18.0 Å². The summed E-state index contributed by atoms with van der Waals surface area (Å²) in [7, 11) is -1.30. The first-order valence-corrected chi connectivity index (χ1v) is 18.2. The second-order valence-corrected chi connectivity index (χ2v) is 17.0. The molecule has 3 nitrogen and oxygen atoms in total. The maximum absolute atomic E-state index is 13.5.